The number of ether oxygens (including phenoxy) is 2. The quantitative estimate of drug-likeness (QED) is 0.783. The monoisotopic (exact) mass is 242 g/mol. The van der Waals surface area contributed by atoms with E-state index in [0.29, 0.717) is 12.6 Å². The molecule has 5 heteroatoms. The van der Waals surface area contributed by atoms with Crippen LogP contribution in [0.1, 0.15) is 38.5 Å². The molecule has 1 aliphatic heterocycles. The number of carbonyl (C=O) groups excluding carboxylic acids is 1. The third-order valence-corrected chi connectivity index (χ3v) is 3.25. The van der Waals surface area contributed by atoms with E-state index in [9.17, 15) is 4.79 Å². The van der Waals surface area contributed by atoms with Gasteiger partial charge in [0.2, 0.25) is 0 Å². The molecule has 0 spiro atoms. The fraction of sp³-hybridized carbons (Fsp3) is 0.917. The van der Waals surface area contributed by atoms with Gasteiger partial charge in [-0.25, -0.2) is 4.79 Å². The van der Waals surface area contributed by atoms with Crippen molar-refractivity contribution in [3.8, 4) is 0 Å². The van der Waals surface area contributed by atoms with Crippen molar-refractivity contribution >= 4 is 6.03 Å². The van der Waals surface area contributed by atoms with Gasteiger partial charge in [-0.1, -0.05) is 12.8 Å². The fourth-order valence-corrected chi connectivity index (χ4v) is 2.31. The van der Waals surface area contributed by atoms with Crippen molar-refractivity contribution in [1.29, 1.82) is 0 Å². The Morgan fingerprint density at radius 1 is 1.12 bits per heavy atom. The van der Waals surface area contributed by atoms with E-state index < -0.39 is 0 Å². The average molecular weight is 242 g/mol. The molecule has 0 aromatic rings. The van der Waals surface area contributed by atoms with E-state index in [4.69, 9.17) is 9.47 Å². The van der Waals surface area contributed by atoms with Crippen LogP contribution in [-0.2, 0) is 9.47 Å². The van der Waals surface area contributed by atoms with Crippen LogP contribution in [0.15, 0.2) is 0 Å². The van der Waals surface area contributed by atoms with Gasteiger partial charge in [-0.05, 0) is 19.3 Å². The second-order valence-electron chi connectivity index (χ2n) is 4.69. The van der Waals surface area contributed by atoms with E-state index in [-0.39, 0.29) is 12.3 Å². The SMILES string of the molecule is O=C(NCCC1OCCCO1)NC1CCCC1. The lowest BCUT2D eigenvalue weighted by Crippen LogP contribution is -2.42. The Kier molecular flexibility index (Phi) is 5.07. The summed E-state index contributed by atoms with van der Waals surface area (Å²) in [5, 5.41) is 5.83. The predicted octanol–water partition coefficient (Wildman–Crippen LogP) is 1.38. The highest BCUT2D eigenvalue weighted by atomic mass is 16.7. The van der Waals surface area contributed by atoms with Gasteiger partial charge in [0, 0.05) is 19.0 Å². The molecule has 2 aliphatic rings. The first-order chi connectivity index (χ1) is 8.34. The van der Waals surface area contributed by atoms with Crippen LogP contribution in [-0.4, -0.2) is 38.1 Å². The van der Waals surface area contributed by atoms with Gasteiger partial charge in [0.15, 0.2) is 6.29 Å². The summed E-state index contributed by atoms with van der Waals surface area (Å²) >= 11 is 0. The van der Waals surface area contributed by atoms with Crippen LogP contribution in [0, 0.1) is 0 Å². The fourth-order valence-electron chi connectivity index (χ4n) is 2.31. The van der Waals surface area contributed by atoms with Crippen LogP contribution in [0.4, 0.5) is 4.79 Å². The lowest BCUT2D eigenvalue weighted by molar-refractivity contribution is -0.180. The zero-order valence-corrected chi connectivity index (χ0v) is 10.2. The number of nitrogens with one attached hydrogen (secondary N) is 2. The number of urea groups is 1. The Bertz CT molecular complexity index is 236. The highest BCUT2D eigenvalue weighted by Crippen LogP contribution is 2.17. The van der Waals surface area contributed by atoms with E-state index in [0.717, 1.165) is 38.9 Å². The average Bonchev–Trinajstić information content (AvgIpc) is 2.83. The van der Waals surface area contributed by atoms with Gasteiger partial charge >= 0.3 is 6.03 Å². The lowest BCUT2D eigenvalue weighted by Gasteiger charge is -2.23. The van der Waals surface area contributed by atoms with E-state index in [1.165, 1.54) is 12.8 Å². The molecule has 2 amide bonds. The highest BCUT2D eigenvalue weighted by molar-refractivity contribution is 5.74. The molecule has 1 aliphatic carbocycles. The second-order valence-corrected chi connectivity index (χ2v) is 4.69. The Morgan fingerprint density at radius 3 is 2.53 bits per heavy atom. The first-order valence-corrected chi connectivity index (χ1v) is 6.62. The minimum absolute atomic E-state index is 0.0623. The molecule has 17 heavy (non-hydrogen) atoms. The van der Waals surface area contributed by atoms with Crippen molar-refractivity contribution in [2.75, 3.05) is 19.8 Å². The molecule has 0 aromatic carbocycles. The van der Waals surface area contributed by atoms with Crippen molar-refractivity contribution in [1.82, 2.24) is 10.6 Å². The normalized spacial score (nSPS) is 22.6. The molecule has 98 valence electrons. The molecule has 1 saturated carbocycles. The summed E-state index contributed by atoms with van der Waals surface area (Å²) in [7, 11) is 0. The van der Waals surface area contributed by atoms with Gasteiger partial charge < -0.3 is 20.1 Å². The molecule has 1 saturated heterocycles. The van der Waals surface area contributed by atoms with E-state index in [1.54, 1.807) is 0 Å². The van der Waals surface area contributed by atoms with Crippen LogP contribution >= 0.6 is 0 Å². The summed E-state index contributed by atoms with van der Waals surface area (Å²) in [6, 6.07) is 0.310. The molecular weight excluding hydrogens is 220 g/mol. The first kappa shape index (κ1) is 12.6. The Morgan fingerprint density at radius 2 is 1.82 bits per heavy atom. The van der Waals surface area contributed by atoms with Crippen molar-refractivity contribution in [3.05, 3.63) is 0 Å². The van der Waals surface area contributed by atoms with Crippen LogP contribution in [0.2, 0.25) is 0 Å². The molecule has 5 nitrogen and oxygen atoms in total. The van der Waals surface area contributed by atoms with Crippen LogP contribution in [0.5, 0.6) is 0 Å². The standard InChI is InChI=1S/C12H22N2O3/c15-12(14-10-4-1-2-5-10)13-7-6-11-16-8-3-9-17-11/h10-11H,1-9H2,(H2,13,14,15). The molecule has 2 fully saturated rings. The number of hydrogen-bond donors (Lipinski definition) is 2. The minimum atomic E-state index is -0.143. The molecule has 0 radical (unpaired) electrons. The maximum absolute atomic E-state index is 11.5. The Labute approximate surface area is 102 Å². The van der Waals surface area contributed by atoms with E-state index >= 15 is 0 Å². The zero-order valence-electron chi connectivity index (χ0n) is 10.2. The molecule has 0 unspecified atom stereocenters. The van der Waals surface area contributed by atoms with Crippen LogP contribution in [0.3, 0.4) is 0 Å². The summed E-state index contributed by atoms with van der Waals surface area (Å²) in [5.41, 5.74) is 0. The maximum Gasteiger partial charge on any atom is 0.315 e. The smallest absolute Gasteiger partial charge is 0.315 e. The van der Waals surface area contributed by atoms with Crippen molar-refractivity contribution in [3.63, 3.8) is 0 Å². The second kappa shape index (κ2) is 6.81. The van der Waals surface area contributed by atoms with Gasteiger partial charge in [0.05, 0.1) is 13.2 Å². The lowest BCUT2D eigenvalue weighted by atomic mass is 10.2. The highest BCUT2D eigenvalue weighted by Gasteiger charge is 2.17. The van der Waals surface area contributed by atoms with Gasteiger partial charge in [0.1, 0.15) is 0 Å². The molecule has 2 rings (SSSR count). The summed E-state index contributed by atoms with van der Waals surface area (Å²) in [6.45, 7) is 2.13. The van der Waals surface area contributed by atoms with Gasteiger partial charge in [-0.3, -0.25) is 0 Å². The molecule has 1 heterocycles. The van der Waals surface area contributed by atoms with Gasteiger partial charge in [0.25, 0.3) is 0 Å². The van der Waals surface area contributed by atoms with Gasteiger partial charge in [-0.2, -0.15) is 0 Å². The Balaban J connectivity index is 1.53. The number of hydrogen-bond acceptors (Lipinski definition) is 3. The molecule has 0 aromatic heterocycles. The summed E-state index contributed by atoms with van der Waals surface area (Å²) in [6.07, 6.45) is 6.23. The van der Waals surface area contributed by atoms with Crippen LogP contribution < -0.4 is 10.6 Å². The molecule has 0 atom stereocenters. The van der Waals surface area contributed by atoms with Gasteiger partial charge in [-0.15, -0.1) is 0 Å². The van der Waals surface area contributed by atoms with E-state index in [1.807, 2.05) is 0 Å². The molecule has 0 bridgehead atoms. The Hall–Kier alpha value is -0.810. The third kappa shape index (κ3) is 4.52. The summed E-state index contributed by atoms with van der Waals surface area (Å²) in [4.78, 5) is 11.5. The van der Waals surface area contributed by atoms with Crippen molar-refractivity contribution < 1.29 is 14.3 Å². The molecule has 2 N–H and O–H groups in total. The van der Waals surface area contributed by atoms with Crippen LogP contribution in [0.25, 0.3) is 0 Å². The minimum Gasteiger partial charge on any atom is -0.353 e. The largest absolute Gasteiger partial charge is 0.353 e. The summed E-state index contributed by atoms with van der Waals surface area (Å²) < 4.78 is 10.8. The number of amides is 2. The third-order valence-electron chi connectivity index (χ3n) is 3.25. The number of carbonyl (C=O) groups is 1. The topological polar surface area (TPSA) is 59.6 Å². The maximum atomic E-state index is 11.5. The first-order valence-electron chi connectivity index (χ1n) is 6.62. The van der Waals surface area contributed by atoms with E-state index in [2.05, 4.69) is 10.6 Å². The summed E-state index contributed by atoms with van der Waals surface area (Å²) in [5.74, 6) is 0. The number of rotatable bonds is 4. The van der Waals surface area contributed by atoms with Crippen molar-refractivity contribution in [2.24, 2.45) is 0 Å². The zero-order chi connectivity index (χ0) is 11.9. The van der Waals surface area contributed by atoms with Crippen molar-refractivity contribution in [2.45, 2.75) is 50.9 Å². The molecular formula is C12H22N2O3. The predicted molar refractivity (Wildman–Crippen MR) is 63.7 cm³/mol.